The molecule has 0 unspecified atom stereocenters. The van der Waals surface area contributed by atoms with Gasteiger partial charge in [0.15, 0.2) is 0 Å². The molecule has 4 nitrogen and oxygen atoms in total. The molecule has 0 fully saturated rings. The van der Waals surface area contributed by atoms with Crippen molar-refractivity contribution in [1.29, 1.82) is 0 Å². The van der Waals surface area contributed by atoms with E-state index in [9.17, 15) is 9.59 Å². The molecule has 0 radical (unpaired) electrons. The van der Waals surface area contributed by atoms with E-state index < -0.39 is 5.97 Å². The van der Waals surface area contributed by atoms with Crippen LogP contribution in [-0.4, -0.2) is 17.0 Å². The number of carboxylic acids is 1. The molecule has 0 heterocycles. The van der Waals surface area contributed by atoms with E-state index in [4.69, 9.17) is 28.3 Å². The second-order valence-electron chi connectivity index (χ2n) is 3.11. The zero-order valence-corrected chi connectivity index (χ0v) is 10.3. The highest BCUT2D eigenvalue weighted by Crippen LogP contribution is 2.31. The van der Waals surface area contributed by atoms with Crippen molar-refractivity contribution in [2.45, 2.75) is 6.92 Å². The summed E-state index contributed by atoms with van der Waals surface area (Å²) in [4.78, 5) is 22.0. The number of hydrogen-bond acceptors (Lipinski definition) is 2. The topological polar surface area (TPSA) is 66.4 Å². The first-order valence-electron chi connectivity index (χ1n) is 4.61. The first-order chi connectivity index (χ1) is 7.95. The van der Waals surface area contributed by atoms with Gasteiger partial charge >= 0.3 is 5.97 Å². The minimum atomic E-state index is -1.14. The molecule has 17 heavy (non-hydrogen) atoms. The van der Waals surface area contributed by atoms with Crippen molar-refractivity contribution >= 4 is 40.8 Å². The average Bonchev–Trinajstić information content (AvgIpc) is 2.23. The van der Waals surface area contributed by atoms with Crippen LogP contribution in [0.5, 0.6) is 0 Å². The van der Waals surface area contributed by atoms with Crippen LogP contribution in [0, 0.1) is 0 Å². The number of carboxylic acid groups (broad SMARTS) is 1. The van der Waals surface area contributed by atoms with Gasteiger partial charge in [0.1, 0.15) is 0 Å². The van der Waals surface area contributed by atoms with Gasteiger partial charge in [0.2, 0.25) is 5.91 Å². The number of nitrogens with one attached hydrogen (secondary N) is 1. The zero-order valence-electron chi connectivity index (χ0n) is 8.83. The van der Waals surface area contributed by atoms with Gasteiger partial charge < -0.3 is 10.4 Å². The molecule has 0 aliphatic carbocycles. The molecule has 0 aromatic heterocycles. The molecule has 0 atom stereocenters. The fraction of sp³-hybridized carbons (Fsp3) is 0.0909. The van der Waals surface area contributed by atoms with Gasteiger partial charge in [-0.1, -0.05) is 29.3 Å². The maximum absolute atomic E-state index is 11.3. The SMILES string of the molecule is C/C=C/C(=O)Nc1c(Cl)cc(C(=O)O)cc1Cl. The van der Waals surface area contributed by atoms with Crippen LogP contribution in [0.3, 0.4) is 0 Å². The first-order valence-corrected chi connectivity index (χ1v) is 5.37. The van der Waals surface area contributed by atoms with Crippen molar-refractivity contribution in [2.75, 3.05) is 5.32 Å². The number of halogens is 2. The molecule has 1 aromatic rings. The third-order valence-corrected chi connectivity index (χ3v) is 2.45. The summed E-state index contributed by atoms with van der Waals surface area (Å²) in [6, 6.07) is 2.45. The predicted molar refractivity (Wildman–Crippen MR) is 66.9 cm³/mol. The van der Waals surface area contributed by atoms with Crippen LogP contribution in [0.25, 0.3) is 0 Å². The lowest BCUT2D eigenvalue weighted by molar-refractivity contribution is -0.111. The Hall–Kier alpha value is -1.52. The van der Waals surface area contributed by atoms with Gasteiger partial charge in [-0.25, -0.2) is 4.79 Å². The van der Waals surface area contributed by atoms with Crippen LogP contribution in [0.2, 0.25) is 10.0 Å². The summed E-state index contributed by atoms with van der Waals surface area (Å²) in [5, 5.41) is 11.4. The van der Waals surface area contributed by atoms with Crippen LogP contribution in [0.1, 0.15) is 17.3 Å². The van der Waals surface area contributed by atoms with Gasteiger partial charge in [-0.15, -0.1) is 0 Å². The van der Waals surface area contributed by atoms with E-state index in [-0.39, 0.29) is 27.2 Å². The lowest BCUT2D eigenvalue weighted by Crippen LogP contribution is -2.09. The molecule has 0 spiro atoms. The monoisotopic (exact) mass is 273 g/mol. The van der Waals surface area contributed by atoms with Gasteiger partial charge in [0.05, 0.1) is 21.3 Å². The number of carbonyl (C=O) groups is 2. The molecule has 1 rings (SSSR count). The Bertz CT molecular complexity index is 474. The second-order valence-corrected chi connectivity index (χ2v) is 3.92. The number of hydrogen-bond donors (Lipinski definition) is 2. The number of aromatic carboxylic acids is 1. The summed E-state index contributed by atoms with van der Waals surface area (Å²) in [7, 11) is 0. The lowest BCUT2D eigenvalue weighted by Gasteiger charge is -2.08. The maximum atomic E-state index is 11.3. The van der Waals surface area contributed by atoms with Gasteiger partial charge in [0, 0.05) is 0 Å². The fourth-order valence-corrected chi connectivity index (χ4v) is 1.71. The molecular formula is C11H9Cl2NO3. The highest BCUT2D eigenvalue weighted by atomic mass is 35.5. The van der Waals surface area contributed by atoms with Crippen molar-refractivity contribution < 1.29 is 14.7 Å². The predicted octanol–water partition coefficient (Wildman–Crippen LogP) is 3.21. The molecule has 90 valence electrons. The Balaban J connectivity index is 3.10. The van der Waals surface area contributed by atoms with Crippen molar-refractivity contribution in [3.8, 4) is 0 Å². The Morgan fingerprint density at radius 2 is 1.82 bits per heavy atom. The van der Waals surface area contributed by atoms with Crippen molar-refractivity contribution in [2.24, 2.45) is 0 Å². The molecule has 0 bridgehead atoms. The summed E-state index contributed by atoms with van der Waals surface area (Å²) in [5.74, 6) is -1.53. The Kier molecular flexibility index (Phi) is 4.54. The molecule has 1 aromatic carbocycles. The normalized spacial score (nSPS) is 10.5. The molecule has 0 saturated carbocycles. The van der Waals surface area contributed by atoms with Gasteiger partial charge in [0.25, 0.3) is 0 Å². The quantitative estimate of drug-likeness (QED) is 0.832. The molecule has 0 saturated heterocycles. The van der Waals surface area contributed by atoms with Gasteiger partial charge in [-0.2, -0.15) is 0 Å². The fourth-order valence-electron chi connectivity index (χ4n) is 1.13. The minimum absolute atomic E-state index is 0.0379. The Labute approximate surface area is 108 Å². The van der Waals surface area contributed by atoms with Crippen molar-refractivity contribution in [1.82, 2.24) is 0 Å². The number of rotatable bonds is 3. The minimum Gasteiger partial charge on any atom is -0.478 e. The third kappa shape index (κ3) is 3.47. The molecule has 6 heteroatoms. The van der Waals surface area contributed by atoms with Crippen LogP contribution in [0.4, 0.5) is 5.69 Å². The first kappa shape index (κ1) is 13.5. The van der Waals surface area contributed by atoms with Crippen LogP contribution >= 0.6 is 23.2 Å². The van der Waals surface area contributed by atoms with Crippen molar-refractivity contribution in [3.05, 3.63) is 39.9 Å². The summed E-state index contributed by atoms with van der Waals surface area (Å²) in [6.07, 6.45) is 2.86. The van der Waals surface area contributed by atoms with E-state index >= 15 is 0 Å². The standard InChI is InChI=1S/C11H9Cl2NO3/c1-2-3-9(15)14-10-7(12)4-6(11(16)17)5-8(10)13/h2-5H,1H3,(H,14,15)(H,16,17)/b3-2+. The van der Waals surface area contributed by atoms with E-state index in [0.29, 0.717) is 0 Å². The van der Waals surface area contributed by atoms with E-state index in [1.807, 2.05) is 0 Å². The summed E-state index contributed by atoms with van der Waals surface area (Å²) >= 11 is 11.7. The Morgan fingerprint density at radius 3 is 2.24 bits per heavy atom. The van der Waals surface area contributed by atoms with E-state index in [0.717, 1.165) is 0 Å². The largest absolute Gasteiger partial charge is 0.478 e. The Morgan fingerprint density at radius 1 is 1.29 bits per heavy atom. The van der Waals surface area contributed by atoms with Gasteiger partial charge in [-0.3, -0.25) is 4.79 Å². The molecule has 2 N–H and O–H groups in total. The number of carbonyl (C=O) groups excluding carboxylic acids is 1. The number of allylic oxidation sites excluding steroid dienone is 1. The van der Waals surface area contributed by atoms with Crippen LogP contribution in [-0.2, 0) is 4.79 Å². The van der Waals surface area contributed by atoms with Crippen LogP contribution in [0.15, 0.2) is 24.3 Å². The summed E-state index contributed by atoms with van der Waals surface area (Å²) < 4.78 is 0. The zero-order chi connectivity index (χ0) is 13.0. The highest BCUT2D eigenvalue weighted by Gasteiger charge is 2.13. The number of amides is 1. The maximum Gasteiger partial charge on any atom is 0.335 e. The van der Waals surface area contributed by atoms with E-state index in [2.05, 4.69) is 5.32 Å². The molecule has 0 aliphatic heterocycles. The van der Waals surface area contributed by atoms with E-state index in [1.54, 1.807) is 13.0 Å². The average molecular weight is 274 g/mol. The smallest absolute Gasteiger partial charge is 0.335 e. The lowest BCUT2D eigenvalue weighted by atomic mass is 10.2. The molecule has 0 aliphatic rings. The van der Waals surface area contributed by atoms with Gasteiger partial charge in [-0.05, 0) is 25.1 Å². The number of benzene rings is 1. The second kappa shape index (κ2) is 5.70. The number of anilines is 1. The van der Waals surface area contributed by atoms with E-state index in [1.165, 1.54) is 18.2 Å². The summed E-state index contributed by atoms with van der Waals surface area (Å²) in [6.45, 7) is 1.69. The van der Waals surface area contributed by atoms with Crippen LogP contribution < -0.4 is 5.32 Å². The molecular weight excluding hydrogens is 265 g/mol. The summed E-state index contributed by atoms with van der Waals surface area (Å²) in [5.41, 5.74) is 0.158. The third-order valence-electron chi connectivity index (χ3n) is 1.86. The van der Waals surface area contributed by atoms with Crippen molar-refractivity contribution in [3.63, 3.8) is 0 Å². The highest BCUT2D eigenvalue weighted by molar-refractivity contribution is 6.40. The molecule has 1 amide bonds.